The zero-order valence-corrected chi connectivity index (χ0v) is 17.0. The molecule has 1 N–H and O–H groups in total. The van der Waals surface area contributed by atoms with E-state index in [4.69, 9.17) is 19.0 Å². The Balaban J connectivity index is 1.80. The number of aromatic carboxylic acids is 1. The largest absolute Gasteiger partial charge is 0.493 e. The van der Waals surface area contributed by atoms with Crippen molar-refractivity contribution in [1.82, 2.24) is 0 Å². The van der Waals surface area contributed by atoms with E-state index in [1.54, 1.807) is 13.0 Å². The topological polar surface area (TPSA) is 86.0 Å². The zero-order valence-electron chi connectivity index (χ0n) is 17.0. The minimum atomic E-state index is -1.29. The Morgan fingerprint density at radius 1 is 1.14 bits per heavy atom. The number of hydrogen-bond acceptors (Lipinski definition) is 5. The van der Waals surface area contributed by atoms with Crippen LogP contribution in [-0.2, 0) is 6.42 Å². The molecule has 0 unspecified atom stereocenters. The number of rotatable bonds is 12. The van der Waals surface area contributed by atoms with Gasteiger partial charge in [0.25, 0.3) is 0 Å². The van der Waals surface area contributed by atoms with Gasteiger partial charge < -0.3 is 19.0 Å². The lowest BCUT2D eigenvalue weighted by molar-refractivity contribution is 0.0658. The molecule has 156 valence electrons. The number of carboxylic acid groups (broad SMARTS) is 1. The first kappa shape index (κ1) is 22.3. The van der Waals surface area contributed by atoms with Gasteiger partial charge in [0.15, 0.2) is 5.76 Å². The molecule has 29 heavy (non-hydrogen) atoms. The van der Waals surface area contributed by atoms with Crippen LogP contribution in [0.15, 0.2) is 45.6 Å². The molecule has 6 nitrogen and oxygen atoms in total. The molecule has 0 bridgehead atoms. The van der Waals surface area contributed by atoms with E-state index in [0.29, 0.717) is 13.2 Å². The summed E-state index contributed by atoms with van der Waals surface area (Å²) in [6, 6.07) is 9.03. The van der Waals surface area contributed by atoms with Crippen molar-refractivity contribution in [2.24, 2.45) is 0 Å². The van der Waals surface area contributed by atoms with Crippen LogP contribution in [0.2, 0.25) is 0 Å². The predicted molar refractivity (Wildman–Crippen MR) is 112 cm³/mol. The van der Waals surface area contributed by atoms with Gasteiger partial charge in [-0.3, -0.25) is 4.79 Å². The molecule has 0 saturated carbocycles. The van der Waals surface area contributed by atoms with Crippen molar-refractivity contribution in [3.8, 4) is 11.5 Å². The molecule has 0 spiro atoms. The Kier molecular flexibility index (Phi) is 9.02. The number of hydrogen-bond donors (Lipinski definition) is 1. The Morgan fingerprint density at radius 3 is 2.55 bits per heavy atom. The summed E-state index contributed by atoms with van der Waals surface area (Å²) in [5.74, 6) is -0.598. The Labute approximate surface area is 170 Å². The van der Waals surface area contributed by atoms with Crippen LogP contribution in [0.1, 0.15) is 61.4 Å². The Bertz CT molecular complexity index is 881. The number of para-hydroxylation sites is 1. The molecule has 6 heteroatoms. The van der Waals surface area contributed by atoms with Crippen LogP contribution in [-0.4, -0.2) is 24.3 Å². The molecule has 0 aliphatic rings. The minimum Gasteiger partial charge on any atom is -0.493 e. The van der Waals surface area contributed by atoms with Gasteiger partial charge in [-0.1, -0.05) is 37.6 Å². The number of benzene rings is 1. The molecular weight excluding hydrogens is 372 g/mol. The Morgan fingerprint density at radius 2 is 1.86 bits per heavy atom. The SMILES string of the molecule is C/C=C/c1oc(C(=O)O)cc(=O)c1OCCCCCOc1ccccc1CCC. The van der Waals surface area contributed by atoms with Crippen LogP contribution >= 0.6 is 0 Å². The van der Waals surface area contributed by atoms with Gasteiger partial charge in [-0.05, 0) is 50.3 Å². The molecule has 0 atom stereocenters. The van der Waals surface area contributed by atoms with Crippen LogP contribution in [0.25, 0.3) is 6.08 Å². The van der Waals surface area contributed by atoms with E-state index in [9.17, 15) is 9.59 Å². The summed E-state index contributed by atoms with van der Waals surface area (Å²) in [6.07, 6.45) is 7.76. The number of carbonyl (C=O) groups is 1. The smallest absolute Gasteiger partial charge is 0.371 e. The van der Waals surface area contributed by atoms with Crippen molar-refractivity contribution in [3.63, 3.8) is 0 Å². The maximum atomic E-state index is 12.1. The highest BCUT2D eigenvalue weighted by Crippen LogP contribution is 2.20. The molecule has 0 radical (unpaired) electrons. The van der Waals surface area contributed by atoms with Gasteiger partial charge in [0, 0.05) is 6.07 Å². The third kappa shape index (κ3) is 6.82. The van der Waals surface area contributed by atoms with E-state index in [2.05, 4.69) is 13.0 Å². The molecule has 2 aromatic rings. The fourth-order valence-corrected chi connectivity index (χ4v) is 2.87. The molecule has 1 heterocycles. The third-order valence-corrected chi connectivity index (χ3v) is 4.24. The zero-order chi connectivity index (χ0) is 21.1. The van der Waals surface area contributed by atoms with Crippen LogP contribution in [0.4, 0.5) is 0 Å². The summed E-state index contributed by atoms with van der Waals surface area (Å²) < 4.78 is 16.7. The van der Waals surface area contributed by atoms with E-state index in [1.165, 1.54) is 11.6 Å². The van der Waals surface area contributed by atoms with Gasteiger partial charge in [-0.25, -0.2) is 4.79 Å². The molecule has 0 aliphatic heterocycles. The standard InChI is InChI=1S/C23H28O6/c1-3-10-17-12-6-7-13-19(17)27-14-8-5-9-15-28-22-18(24)16-21(23(25)26)29-20(22)11-4-2/h4,6-7,11-13,16H,3,5,8-10,14-15H2,1-2H3,(H,25,26)/b11-4+. The number of aryl methyl sites for hydroxylation is 1. The second-order valence-electron chi connectivity index (χ2n) is 6.59. The van der Waals surface area contributed by atoms with Crippen LogP contribution in [0, 0.1) is 0 Å². The molecule has 0 amide bonds. The summed E-state index contributed by atoms with van der Waals surface area (Å²) in [4.78, 5) is 23.2. The van der Waals surface area contributed by atoms with E-state index >= 15 is 0 Å². The number of carboxylic acids is 1. The van der Waals surface area contributed by atoms with Gasteiger partial charge in [0.2, 0.25) is 16.9 Å². The minimum absolute atomic E-state index is 0.0397. The van der Waals surface area contributed by atoms with Crippen molar-refractivity contribution in [2.75, 3.05) is 13.2 Å². The van der Waals surface area contributed by atoms with Crippen LogP contribution in [0.3, 0.4) is 0 Å². The second-order valence-corrected chi connectivity index (χ2v) is 6.59. The van der Waals surface area contributed by atoms with Crippen molar-refractivity contribution in [1.29, 1.82) is 0 Å². The van der Waals surface area contributed by atoms with Crippen molar-refractivity contribution < 1.29 is 23.8 Å². The maximum absolute atomic E-state index is 12.1. The van der Waals surface area contributed by atoms with E-state index in [1.807, 2.05) is 18.2 Å². The maximum Gasteiger partial charge on any atom is 0.371 e. The summed E-state index contributed by atoms with van der Waals surface area (Å²) >= 11 is 0. The molecule has 1 aromatic carbocycles. The van der Waals surface area contributed by atoms with E-state index < -0.39 is 17.2 Å². The quantitative estimate of drug-likeness (QED) is 0.507. The van der Waals surface area contributed by atoms with E-state index in [0.717, 1.165) is 43.9 Å². The molecule has 0 aliphatic carbocycles. The molecule has 1 aromatic heterocycles. The van der Waals surface area contributed by atoms with Crippen molar-refractivity contribution in [2.45, 2.75) is 46.0 Å². The lowest BCUT2D eigenvalue weighted by Crippen LogP contribution is -2.13. The normalized spacial score (nSPS) is 11.0. The highest BCUT2D eigenvalue weighted by molar-refractivity contribution is 5.84. The Hall–Kier alpha value is -3.02. The van der Waals surface area contributed by atoms with Crippen molar-refractivity contribution in [3.05, 3.63) is 63.7 Å². The van der Waals surface area contributed by atoms with Gasteiger partial charge in [0.05, 0.1) is 13.2 Å². The highest BCUT2D eigenvalue weighted by atomic mass is 16.5. The van der Waals surface area contributed by atoms with Gasteiger partial charge >= 0.3 is 5.97 Å². The third-order valence-electron chi connectivity index (χ3n) is 4.24. The first-order valence-corrected chi connectivity index (χ1v) is 9.94. The monoisotopic (exact) mass is 400 g/mol. The lowest BCUT2D eigenvalue weighted by atomic mass is 10.1. The summed E-state index contributed by atoms with van der Waals surface area (Å²) in [6.45, 7) is 4.86. The van der Waals surface area contributed by atoms with Crippen molar-refractivity contribution >= 4 is 12.0 Å². The molecule has 0 saturated heterocycles. The first-order chi connectivity index (χ1) is 14.1. The number of ether oxygens (including phenoxy) is 2. The van der Waals surface area contributed by atoms with Gasteiger partial charge in [-0.15, -0.1) is 0 Å². The average Bonchev–Trinajstić information content (AvgIpc) is 2.70. The van der Waals surface area contributed by atoms with Gasteiger partial charge in [-0.2, -0.15) is 0 Å². The van der Waals surface area contributed by atoms with E-state index in [-0.39, 0.29) is 11.5 Å². The van der Waals surface area contributed by atoms with Crippen LogP contribution < -0.4 is 14.9 Å². The number of unbranched alkanes of at least 4 members (excludes halogenated alkanes) is 2. The lowest BCUT2D eigenvalue weighted by Gasteiger charge is -2.11. The summed E-state index contributed by atoms with van der Waals surface area (Å²) in [5.41, 5.74) is 0.726. The molecule has 0 fully saturated rings. The summed E-state index contributed by atoms with van der Waals surface area (Å²) in [5, 5.41) is 9.01. The average molecular weight is 400 g/mol. The molecule has 2 rings (SSSR count). The van der Waals surface area contributed by atoms with Crippen LogP contribution in [0.5, 0.6) is 11.5 Å². The fourth-order valence-electron chi connectivity index (χ4n) is 2.87. The second kappa shape index (κ2) is 11.7. The number of allylic oxidation sites excluding steroid dienone is 1. The first-order valence-electron chi connectivity index (χ1n) is 9.94. The predicted octanol–water partition coefficient (Wildman–Crippen LogP) is 4.95. The fraction of sp³-hybridized carbons (Fsp3) is 0.391. The molecular formula is C23H28O6. The summed E-state index contributed by atoms with van der Waals surface area (Å²) in [7, 11) is 0. The van der Waals surface area contributed by atoms with Gasteiger partial charge in [0.1, 0.15) is 5.75 Å². The highest BCUT2D eigenvalue weighted by Gasteiger charge is 2.15.